The standard InChI is InChI=1S/C20H21N3O2/c1-4-16(18-12-14-7-5-6-8-17(14)23(18)3)21-22-20(25)15-11-13(2)9-10-19(15)24/h5-12,24H,4H2,1-3H3,(H,22,25). The monoisotopic (exact) mass is 335 g/mol. The molecule has 5 nitrogen and oxygen atoms in total. The highest BCUT2D eigenvalue weighted by molar-refractivity contribution is 6.04. The van der Waals surface area contributed by atoms with Crippen molar-refractivity contribution in [2.24, 2.45) is 12.1 Å². The number of phenols is 1. The Morgan fingerprint density at radius 1 is 1.20 bits per heavy atom. The van der Waals surface area contributed by atoms with Gasteiger partial charge in [0, 0.05) is 18.0 Å². The van der Waals surface area contributed by atoms with Crippen LogP contribution in [0.1, 0.15) is 35.0 Å². The van der Waals surface area contributed by atoms with Crippen molar-refractivity contribution in [3.63, 3.8) is 0 Å². The Morgan fingerprint density at radius 3 is 2.68 bits per heavy atom. The van der Waals surface area contributed by atoms with Gasteiger partial charge in [-0.25, -0.2) is 5.43 Å². The quantitative estimate of drug-likeness (QED) is 0.563. The number of amides is 1. The summed E-state index contributed by atoms with van der Waals surface area (Å²) in [7, 11) is 1.98. The number of hydrazone groups is 1. The van der Waals surface area contributed by atoms with Crippen LogP contribution in [0.15, 0.2) is 53.6 Å². The molecule has 0 aliphatic carbocycles. The third kappa shape index (κ3) is 3.26. The minimum atomic E-state index is -0.425. The number of hydrogen-bond donors (Lipinski definition) is 2. The van der Waals surface area contributed by atoms with Crippen LogP contribution in [0.25, 0.3) is 10.9 Å². The zero-order chi connectivity index (χ0) is 18.0. The maximum absolute atomic E-state index is 12.3. The molecule has 0 radical (unpaired) electrons. The summed E-state index contributed by atoms with van der Waals surface area (Å²) in [5.41, 5.74) is 6.53. The molecule has 2 N–H and O–H groups in total. The van der Waals surface area contributed by atoms with Gasteiger partial charge in [-0.05, 0) is 37.6 Å². The SMILES string of the molecule is CCC(=NNC(=O)c1cc(C)ccc1O)c1cc2ccccc2n1C. The highest BCUT2D eigenvalue weighted by Gasteiger charge is 2.13. The zero-order valence-corrected chi connectivity index (χ0v) is 14.6. The molecule has 1 amide bonds. The third-order valence-electron chi connectivity index (χ3n) is 4.27. The number of fused-ring (bicyclic) bond motifs is 1. The van der Waals surface area contributed by atoms with Crippen LogP contribution in [-0.2, 0) is 7.05 Å². The van der Waals surface area contributed by atoms with E-state index in [1.807, 2.05) is 33.0 Å². The van der Waals surface area contributed by atoms with Gasteiger partial charge >= 0.3 is 0 Å². The lowest BCUT2D eigenvalue weighted by molar-refractivity contribution is 0.0952. The Labute approximate surface area is 146 Å². The predicted molar refractivity (Wildman–Crippen MR) is 100 cm³/mol. The number of benzene rings is 2. The van der Waals surface area contributed by atoms with Gasteiger partial charge in [-0.1, -0.05) is 36.8 Å². The summed E-state index contributed by atoms with van der Waals surface area (Å²) in [6, 6.07) is 15.1. The van der Waals surface area contributed by atoms with Crippen molar-refractivity contribution in [2.75, 3.05) is 0 Å². The molecule has 0 aliphatic rings. The first-order valence-electron chi connectivity index (χ1n) is 8.22. The normalized spacial score (nSPS) is 11.7. The Hall–Kier alpha value is -3.08. The fourth-order valence-corrected chi connectivity index (χ4v) is 2.89. The maximum Gasteiger partial charge on any atom is 0.275 e. The van der Waals surface area contributed by atoms with Crippen LogP contribution in [-0.4, -0.2) is 21.3 Å². The van der Waals surface area contributed by atoms with Gasteiger partial charge in [-0.2, -0.15) is 5.10 Å². The fourth-order valence-electron chi connectivity index (χ4n) is 2.89. The van der Waals surface area contributed by atoms with Crippen molar-refractivity contribution in [3.05, 3.63) is 65.4 Å². The molecule has 0 atom stereocenters. The number of nitrogens with zero attached hydrogens (tertiary/aromatic N) is 2. The van der Waals surface area contributed by atoms with Crippen LogP contribution in [0, 0.1) is 6.92 Å². The average Bonchev–Trinajstić information content (AvgIpc) is 2.95. The van der Waals surface area contributed by atoms with Gasteiger partial charge in [-0.15, -0.1) is 0 Å². The molecule has 0 bridgehead atoms. The van der Waals surface area contributed by atoms with E-state index in [9.17, 15) is 9.90 Å². The second-order valence-electron chi connectivity index (χ2n) is 6.02. The van der Waals surface area contributed by atoms with Crippen LogP contribution in [0.4, 0.5) is 0 Å². The largest absolute Gasteiger partial charge is 0.507 e. The van der Waals surface area contributed by atoms with Gasteiger partial charge in [0.2, 0.25) is 0 Å². The number of hydrogen-bond acceptors (Lipinski definition) is 3. The minimum Gasteiger partial charge on any atom is -0.507 e. The Balaban J connectivity index is 1.91. The van der Waals surface area contributed by atoms with Crippen LogP contribution >= 0.6 is 0 Å². The van der Waals surface area contributed by atoms with Crippen LogP contribution in [0.2, 0.25) is 0 Å². The summed E-state index contributed by atoms with van der Waals surface area (Å²) >= 11 is 0. The molecule has 25 heavy (non-hydrogen) atoms. The predicted octanol–water partition coefficient (Wildman–Crippen LogP) is 3.74. The summed E-state index contributed by atoms with van der Waals surface area (Å²) < 4.78 is 2.06. The topological polar surface area (TPSA) is 66.6 Å². The Morgan fingerprint density at radius 2 is 1.96 bits per heavy atom. The molecule has 5 heteroatoms. The highest BCUT2D eigenvalue weighted by atomic mass is 16.3. The summed E-state index contributed by atoms with van der Waals surface area (Å²) in [5, 5.41) is 15.3. The number of carbonyl (C=O) groups is 1. The van der Waals surface area contributed by atoms with E-state index in [2.05, 4.69) is 33.3 Å². The van der Waals surface area contributed by atoms with Crippen molar-refractivity contribution in [2.45, 2.75) is 20.3 Å². The summed E-state index contributed by atoms with van der Waals surface area (Å²) in [6.45, 7) is 3.86. The first-order valence-corrected chi connectivity index (χ1v) is 8.22. The van der Waals surface area contributed by atoms with E-state index in [1.54, 1.807) is 12.1 Å². The first kappa shape index (κ1) is 16.8. The lowest BCUT2D eigenvalue weighted by atomic mass is 10.1. The molecule has 0 aliphatic heterocycles. The van der Waals surface area contributed by atoms with E-state index in [-0.39, 0.29) is 11.3 Å². The second-order valence-corrected chi connectivity index (χ2v) is 6.02. The van der Waals surface area contributed by atoms with Crippen LogP contribution in [0.5, 0.6) is 5.75 Å². The highest BCUT2D eigenvalue weighted by Crippen LogP contribution is 2.20. The second kappa shape index (κ2) is 6.81. The van der Waals surface area contributed by atoms with Crippen molar-refractivity contribution < 1.29 is 9.90 Å². The fraction of sp³-hybridized carbons (Fsp3) is 0.200. The first-order chi connectivity index (χ1) is 12.0. The minimum absolute atomic E-state index is 0.0547. The summed E-state index contributed by atoms with van der Waals surface area (Å²) in [5.74, 6) is -0.480. The van der Waals surface area contributed by atoms with E-state index in [0.29, 0.717) is 6.42 Å². The van der Waals surface area contributed by atoms with E-state index in [0.717, 1.165) is 27.9 Å². The molecule has 3 aromatic rings. The molecule has 3 rings (SSSR count). The number of aryl methyl sites for hydroxylation is 2. The number of nitrogens with one attached hydrogen (secondary N) is 1. The molecule has 128 valence electrons. The van der Waals surface area contributed by atoms with Gasteiger partial charge in [0.25, 0.3) is 5.91 Å². The number of aromatic nitrogens is 1. The van der Waals surface area contributed by atoms with Crippen molar-refractivity contribution in [1.29, 1.82) is 0 Å². The number of aromatic hydroxyl groups is 1. The molecule has 2 aromatic carbocycles. The number of phenolic OH excluding ortho intramolecular Hbond substituents is 1. The molecule has 1 aromatic heterocycles. The molecule has 0 unspecified atom stereocenters. The smallest absolute Gasteiger partial charge is 0.275 e. The van der Waals surface area contributed by atoms with Gasteiger partial charge < -0.3 is 9.67 Å². The molecule has 0 saturated heterocycles. The Bertz CT molecular complexity index is 970. The summed E-state index contributed by atoms with van der Waals surface area (Å²) in [6.07, 6.45) is 0.671. The van der Waals surface area contributed by atoms with E-state index >= 15 is 0 Å². The molecule has 0 saturated carbocycles. The molecule has 1 heterocycles. The van der Waals surface area contributed by atoms with Gasteiger partial charge in [0.05, 0.1) is 17.0 Å². The van der Waals surface area contributed by atoms with E-state index < -0.39 is 5.91 Å². The lowest BCUT2D eigenvalue weighted by Crippen LogP contribution is -2.21. The molecule has 0 spiro atoms. The number of carbonyl (C=O) groups excluding carboxylic acids is 1. The number of para-hydroxylation sites is 1. The van der Waals surface area contributed by atoms with E-state index in [1.165, 1.54) is 6.07 Å². The third-order valence-corrected chi connectivity index (χ3v) is 4.27. The maximum atomic E-state index is 12.3. The average molecular weight is 335 g/mol. The molecular weight excluding hydrogens is 314 g/mol. The van der Waals surface area contributed by atoms with Crippen LogP contribution in [0.3, 0.4) is 0 Å². The number of rotatable bonds is 4. The summed E-state index contributed by atoms with van der Waals surface area (Å²) in [4.78, 5) is 12.3. The van der Waals surface area contributed by atoms with Crippen LogP contribution < -0.4 is 5.43 Å². The van der Waals surface area contributed by atoms with E-state index in [4.69, 9.17) is 0 Å². The molecular formula is C20H21N3O2. The van der Waals surface area contributed by atoms with Crippen molar-refractivity contribution >= 4 is 22.5 Å². The Kier molecular flexibility index (Phi) is 4.57. The van der Waals surface area contributed by atoms with Gasteiger partial charge in [0.15, 0.2) is 0 Å². The lowest BCUT2D eigenvalue weighted by Gasteiger charge is -2.08. The van der Waals surface area contributed by atoms with Gasteiger partial charge in [0.1, 0.15) is 5.75 Å². The van der Waals surface area contributed by atoms with Crippen molar-refractivity contribution in [3.8, 4) is 5.75 Å². The zero-order valence-electron chi connectivity index (χ0n) is 14.6. The van der Waals surface area contributed by atoms with Gasteiger partial charge in [-0.3, -0.25) is 4.79 Å². The van der Waals surface area contributed by atoms with Crippen molar-refractivity contribution in [1.82, 2.24) is 9.99 Å². The molecule has 0 fully saturated rings.